The Morgan fingerprint density at radius 2 is 2.00 bits per heavy atom. The van der Waals surface area contributed by atoms with Gasteiger partial charge >= 0.3 is 0 Å². The molecule has 0 fully saturated rings. The minimum atomic E-state index is 0.683. The van der Waals surface area contributed by atoms with Gasteiger partial charge in [0, 0.05) is 4.47 Å². The van der Waals surface area contributed by atoms with E-state index in [-0.39, 0.29) is 0 Å². The third-order valence-electron chi connectivity index (χ3n) is 2.76. The lowest BCUT2D eigenvalue weighted by Gasteiger charge is -2.09. The predicted octanol–water partition coefficient (Wildman–Crippen LogP) is 5.03. The van der Waals surface area contributed by atoms with Crippen LogP contribution < -0.4 is 4.74 Å². The predicted molar refractivity (Wildman–Crippen MR) is 76.6 cm³/mol. The van der Waals surface area contributed by atoms with Gasteiger partial charge in [-0.25, -0.2) is 0 Å². The zero-order valence-corrected chi connectivity index (χ0v) is 11.8. The Morgan fingerprint density at radius 3 is 2.76 bits per heavy atom. The molecule has 0 spiro atoms. The van der Waals surface area contributed by atoms with Crippen molar-refractivity contribution < 1.29 is 4.74 Å². The number of halogens is 1. The van der Waals surface area contributed by atoms with E-state index in [4.69, 9.17) is 4.74 Å². The van der Waals surface area contributed by atoms with Gasteiger partial charge < -0.3 is 4.74 Å². The molecule has 0 N–H and O–H groups in total. The van der Waals surface area contributed by atoms with Crippen molar-refractivity contribution in [1.82, 2.24) is 0 Å². The highest BCUT2D eigenvalue weighted by molar-refractivity contribution is 9.10. The van der Waals surface area contributed by atoms with Gasteiger partial charge in [-0.15, -0.1) is 0 Å². The summed E-state index contributed by atoms with van der Waals surface area (Å²) in [5.41, 5.74) is 0. The van der Waals surface area contributed by atoms with Crippen LogP contribution in [0.1, 0.15) is 20.3 Å². The van der Waals surface area contributed by atoms with Crippen LogP contribution in [0.5, 0.6) is 5.75 Å². The Balaban J connectivity index is 2.17. The summed E-state index contributed by atoms with van der Waals surface area (Å²) in [5.74, 6) is 1.63. The van der Waals surface area contributed by atoms with Crippen LogP contribution in [-0.4, -0.2) is 6.61 Å². The second-order valence-corrected chi connectivity index (χ2v) is 5.51. The first-order valence-corrected chi connectivity index (χ1v) is 6.77. The van der Waals surface area contributed by atoms with Crippen LogP contribution >= 0.6 is 15.9 Å². The SMILES string of the molecule is CC(C)CCOc1ccc2cccc(Br)c2c1. The lowest BCUT2D eigenvalue weighted by atomic mass is 10.1. The van der Waals surface area contributed by atoms with Crippen molar-refractivity contribution in [2.24, 2.45) is 5.92 Å². The molecule has 17 heavy (non-hydrogen) atoms. The summed E-state index contributed by atoms with van der Waals surface area (Å²) in [6.45, 7) is 5.20. The molecule has 0 saturated carbocycles. The first-order valence-electron chi connectivity index (χ1n) is 5.98. The Kier molecular flexibility index (Phi) is 4.06. The molecular formula is C15H17BrO. The molecule has 0 aromatic heterocycles. The average molecular weight is 293 g/mol. The third kappa shape index (κ3) is 3.22. The van der Waals surface area contributed by atoms with Gasteiger partial charge in [0.25, 0.3) is 0 Å². The molecule has 0 bridgehead atoms. The van der Waals surface area contributed by atoms with Crippen LogP contribution in [0.15, 0.2) is 40.9 Å². The van der Waals surface area contributed by atoms with E-state index in [0.717, 1.165) is 23.2 Å². The highest BCUT2D eigenvalue weighted by Crippen LogP contribution is 2.27. The molecular weight excluding hydrogens is 276 g/mol. The fourth-order valence-corrected chi connectivity index (χ4v) is 2.21. The molecule has 0 aliphatic rings. The first-order chi connectivity index (χ1) is 8.16. The van der Waals surface area contributed by atoms with Crippen molar-refractivity contribution in [2.45, 2.75) is 20.3 Å². The fourth-order valence-electron chi connectivity index (χ4n) is 1.72. The molecule has 2 rings (SSSR count). The van der Waals surface area contributed by atoms with Crippen LogP contribution in [0.2, 0.25) is 0 Å². The van der Waals surface area contributed by atoms with Crippen LogP contribution in [0.25, 0.3) is 10.8 Å². The van der Waals surface area contributed by atoms with Gasteiger partial charge in [-0.1, -0.05) is 48.0 Å². The summed E-state index contributed by atoms with van der Waals surface area (Å²) in [6, 6.07) is 12.4. The van der Waals surface area contributed by atoms with Crippen LogP contribution in [-0.2, 0) is 0 Å². The molecule has 0 saturated heterocycles. The van der Waals surface area contributed by atoms with Crippen molar-refractivity contribution in [3.05, 3.63) is 40.9 Å². The van der Waals surface area contributed by atoms with E-state index in [1.165, 1.54) is 10.8 Å². The van der Waals surface area contributed by atoms with Gasteiger partial charge in [0.1, 0.15) is 5.75 Å². The average Bonchev–Trinajstić information content (AvgIpc) is 2.30. The van der Waals surface area contributed by atoms with Crippen LogP contribution in [0.4, 0.5) is 0 Å². The second-order valence-electron chi connectivity index (χ2n) is 4.65. The van der Waals surface area contributed by atoms with Crippen molar-refractivity contribution in [2.75, 3.05) is 6.61 Å². The largest absolute Gasteiger partial charge is 0.494 e. The minimum Gasteiger partial charge on any atom is -0.494 e. The van der Waals surface area contributed by atoms with Gasteiger partial charge in [-0.2, -0.15) is 0 Å². The van der Waals surface area contributed by atoms with E-state index in [2.05, 4.69) is 54.0 Å². The second kappa shape index (κ2) is 5.54. The van der Waals surface area contributed by atoms with E-state index >= 15 is 0 Å². The number of rotatable bonds is 4. The zero-order valence-electron chi connectivity index (χ0n) is 10.2. The third-order valence-corrected chi connectivity index (χ3v) is 3.46. The summed E-state index contributed by atoms with van der Waals surface area (Å²) >= 11 is 3.57. The molecule has 0 amide bonds. The van der Waals surface area contributed by atoms with Gasteiger partial charge in [0.2, 0.25) is 0 Å². The normalized spacial score (nSPS) is 11.1. The van der Waals surface area contributed by atoms with Crippen molar-refractivity contribution in [1.29, 1.82) is 0 Å². The van der Waals surface area contributed by atoms with E-state index < -0.39 is 0 Å². The molecule has 0 aliphatic heterocycles. The maximum Gasteiger partial charge on any atom is 0.119 e. The standard InChI is InChI=1S/C15H17BrO/c1-11(2)8-9-17-13-7-6-12-4-3-5-15(16)14(12)10-13/h3-7,10-11H,8-9H2,1-2H3. The lowest BCUT2D eigenvalue weighted by Crippen LogP contribution is -2.01. The molecule has 0 atom stereocenters. The number of benzene rings is 2. The minimum absolute atomic E-state index is 0.683. The Morgan fingerprint density at radius 1 is 1.18 bits per heavy atom. The summed E-state index contributed by atoms with van der Waals surface area (Å²) in [5, 5.41) is 2.44. The molecule has 2 aromatic carbocycles. The van der Waals surface area contributed by atoms with Crippen molar-refractivity contribution in [3.8, 4) is 5.75 Å². The number of hydrogen-bond donors (Lipinski definition) is 0. The van der Waals surface area contributed by atoms with Gasteiger partial charge in [-0.3, -0.25) is 0 Å². The van der Waals surface area contributed by atoms with Gasteiger partial charge in [-0.05, 0) is 41.3 Å². The van der Waals surface area contributed by atoms with E-state index in [0.29, 0.717) is 5.92 Å². The summed E-state index contributed by atoms with van der Waals surface area (Å²) in [6.07, 6.45) is 1.09. The Labute approximate surface area is 111 Å². The topological polar surface area (TPSA) is 9.23 Å². The fraction of sp³-hybridized carbons (Fsp3) is 0.333. The molecule has 1 nitrogen and oxygen atoms in total. The smallest absolute Gasteiger partial charge is 0.119 e. The van der Waals surface area contributed by atoms with E-state index in [1.807, 2.05) is 12.1 Å². The summed E-state index contributed by atoms with van der Waals surface area (Å²) in [7, 11) is 0. The number of hydrogen-bond acceptors (Lipinski definition) is 1. The van der Waals surface area contributed by atoms with Crippen LogP contribution in [0.3, 0.4) is 0 Å². The first kappa shape index (κ1) is 12.4. The summed E-state index contributed by atoms with van der Waals surface area (Å²) < 4.78 is 6.87. The highest BCUT2D eigenvalue weighted by atomic mass is 79.9. The maximum atomic E-state index is 5.76. The number of ether oxygens (including phenoxy) is 1. The molecule has 2 heteroatoms. The highest BCUT2D eigenvalue weighted by Gasteiger charge is 2.01. The van der Waals surface area contributed by atoms with E-state index in [9.17, 15) is 0 Å². The van der Waals surface area contributed by atoms with Crippen molar-refractivity contribution >= 4 is 26.7 Å². The number of fused-ring (bicyclic) bond motifs is 1. The molecule has 0 radical (unpaired) electrons. The monoisotopic (exact) mass is 292 g/mol. The molecule has 0 aliphatic carbocycles. The lowest BCUT2D eigenvalue weighted by molar-refractivity contribution is 0.290. The molecule has 0 heterocycles. The van der Waals surface area contributed by atoms with Crippen LogP contribution in [0, 0.1) is 5.92 Å². The summed E-state index contributed by atoms with van der Waals surface area (Å²) in [4.78, 5) is 0. The van der Waals surface area contributed by atoms with Gasteiger partial charge in [0.05, 0.1) is 6.61 Å². The zero-order chi connectivity index (χ0) is 12.3. The quantitative estimate of drug-likeness (QED) is 0.768. The Bertz CT molecular complexity index is 505. The van der Waals surface area contributed by atoms with Crippen molar-refractivity contribution in [3.63, 3.8) is 0 Å². The molecule has 0 unspecified atom stereocenters. The van der Waals surface area contributed by atoms with E-state index in [1.54, 1.807) is 0 Å². The Hall–Kier alpha value is -1.02. The molecule has 90 valence electrons. The maximum absolute atomic E-state index is 5.76. The van der Waals surface area contributed by atoms with Gasteiger partial charge in [0.15, 0.2) is 0 Å². The molecule has 2 aromatic rings.